The van der Waals surface area contributed by atoms with Crippen molar-refractivity contribution in [1.29, 1.82) is 0 Å². The molecule has 0 aliphatic rings. The van der Waals surface area contributed by atoms with Crippen LogP contribution in [0.4, 0.5) is 4.39 Å². The average Bonchev–Trinajstić information content (AvgIpc) is 2.74. The number of rotatable bonds is 5. The molecule has 0 saturated heterocycles. The topological polar surface area (TPSA) is 29.3 Å². The molecule has 2 aromatic rings. The van der Waals surface area contributed by atoms with Crippen molar-refractivity contribution < 1.29 is 4.39 Å². The third-order valence-corrected chi connectivity index (χ3v) is 4.41. The van der Waals surface area contributed by atoms with Crippen LogP contribution in [0.2, 0.25) is 4.34 Å². The first-order valence-electron chi connectivity index (χ1n) is 6.43. The lowest BCUT2D eigenvalue weighted by Crippen LogP contribution is -2.36. The SMILES string of the molecule is CC(N)C(c1cccc(F)c1)N(C)Cc1ccc(Cl)s1. The van der Waals surface area contributed by atoms with Crippen LogP contribution in [0, 0.1) is 5.82 Å². The molecule has 0 saturated carbocycles. The van der Waals surface area contributed by atoms with Gasteiger partial charge >= 0.3 is 0 Å². The highest BCUT2D eigenvalue weighted by atomic mass is 35.5. The van der Waals surface area contributed by atoms with Crippen molar-refractivity contribution in [3.05, 3.63) is 57.0 Å². The van der Waals surface area contributed by atoms with E-state index >= 15 is 0 Å². The summed E-state index contributed by atoms with van der Waals surface area (Å²) in [7, 11) is 1.99. The normalized spacial score (nSPS) is 14.5. The largest absolute Gasteiger partial charge is 0.326 e. The van der Waals surface area contributed by atoms with Gasteiger partial charge in [-0.3, -0.25) is 4.90 Å². The molecule has 2 nitrogen and oxygen atoms in total. The predicted octanol–water partition coefficient (Wildman–Crippen LogP) is 4.06. The number of thiophene rings is 1. The van der Waals surface area contributed by atoms with Gasteiger partial charge in [-0.15, -0.1) is 11.3 Å². The maximum absolute atomic E-state index is 13.4. The molecule has 2 atom stereocenters. The molecule has 1 aromatic carbocycles. The van der Waals surface area contributed by atoms with Gasteiger partial charge in [-0.2, -0.15) is 0 Å². The number of benzene rings is 1. The lowest BCUT2D eigenvalue weighted by atomic mass is 9.99. The minimum absolute atomic E-state index is 0.0356. The molecule has 0 aliphatic carbocycles. The predicted molar refractivity (Wildman–Crippen MR) is 83.6 cm³/mol. The minimum Gasteiger partial charge on any atom is -0.326 e. The van der Waals surface area contributed by atoms with Gasteiger partial charge in [0, 0.05) is 23.5 Å². The first kappa shape index (κ1) is 15.4. The van der Waals surface area contributed by atoms with E-state index in [-0.39, 0.29) is 17.9 Å². The molecule has 0 aliphatic heterocycles. The van der Waals surface area contributed by atoms with E-state index in [2.05, 4.69) is 4.90 Å². The Morgan fingerprint density at radius 3 is 2.65 bits per heavy atom. The van der Waals surface area contributed by atoms with Crippen molar-refractivity contribution in [3.8, 4) is 0 Å². The summed E-state index contributed by atoms with van der Waals surface area (Å²) in [6.07, 6.45) is 0. The highest BCUT2D eigenvalue weighted by molar-refractivity contribution is 7.16. The van der Waals surface area contributed by atoms with Crippen molar-refractivity contribution in [2.75, 3.05) is 7.05 Å². The van der Waals surface area contributed by atoms with Crippen molar-refractivity contribution in [3.63, 3.8) is 0 Å². The summed E-state index contributed by atoms with van der Waals surface area (Å²) in [5.41, 5.74) is 6.99. The third-order valence-electron chi connectivity index (χ3n) is 3.20. The van der Waals surface area contributed by atoms with Crippen LogP contribution in [0.3, 0.4) is 0 Å². The Balaban J connectivity index is 2.20. The third kappa shape index (κ3) is 3.79. The van der Waals surface area contributed by atoms with Crippen molar-refractivity contribution in [1.82, 2.24) is 4.90 Å². The zero-order valence-electron chi connectivity index (χ0n) is 11.5. The Hall–Kier alpha value is -0.940. The standard InChI is InChI=1S/C15H18ClFN2S/c1-10(18)15(11-4-3-5-12(17)8-11)19(2)9-13-6-7-14(16)20-13/h3-8,10,15H,9,18H2,1-2H3. The fraction of sp³-hybridized carbons (Fsp3) is 0.333. The van der Waals surface area contributed by atoms with E-state index in [9.17, 15) is 4.39 Å². The average molecular weight is 313 g/mol. The Labute approximate surface area is 128 Å². The maximum Gasteiger partial charge on any atom is 0.123 e. The zero-order valence-corrected chi connectivity index (χ0v) is 13.1. The van der Waals surface area contributed by atoms with Gasteiger partial charge in [-0.25, -0.2) is 4.39 Å². The number of likely N-dealkylation sites (N-methyl/N-ethyl adjacent to an activating group) is 1. The van der Waals surface area contributed by atoms with E-state index < -0.39 is 0 Å². The second-order valence-electron chi connectivity index (χ2n) is 4.98. The molecular formula is C15H18ClFN2S. The van der Waals surface area contributed by atoms with Crippen LogP contribution in [0.1, 0.15) is 23.4 Å². The summed E-state index contributed by atoms with van der Waals surface area (Å²) < 4.78 is 14.2. The Bertz CT molecular complexity index is 571. The Kier molecular flexibility index (Phi) is 5.16. The maximum atomic E-state index is 13.4. The van der Waals surface area contributed by atoms with E-state index in [4.69, 9.17) is 17.3 Å². The van der Waals surface area contributed by atoms with Crippen molar-refractivity contribution in [2.45, 2.75) is 25.6 Å². The summed E-state index contributed by atoms with van der Waals surface area (Å²) in [4.78, 5) is 3.29. The van der Waals surface area contributed by atoms with Gasteiger partial charge in [0.05, 0.1) is 4.34 Å². The first-order valence-corrected chi connectivity index (χ1v) is 7.62. The van der Waals surface area contributed by atoms with E-state index in [0.717, 1.165) is 16.4 Å². The molecule has 0 spiro atoms. The highest BCUT2D eigenvalue weighted by Gasteiger charge is 2.22. The van der Waals surface area contributed by atoms with Crippen LogP contribution in [-0.2, 0) is 6.54 Å². The van der Waals surface area contributed by atoms with Crippen molar-refractivity contribution in [2.24, 2.45) is 5.73 Å². The number of hydrogen-bond donors (Lipinski definition) is 1. The summed E-state index contributed by atoms with van der Waals surface area (Å²) in [6, 6.07) is 10.4. The second kappa shape index (κ2) is 6.68. The van der Waals surface area contributed by atoms with Crippen LogP contribution in [-0.4, -0.2) is 18.0 Å². The van der Waals surface area contributed by atoms with E-state index in [1.54, 1.807) is 23.5 Å². The van der Waals surface area contributed by atoms with Gasteiger partial charge in [-0.1, -0.05) is 23.7 Å². The van der Waals surface area contributed by atoms with Gasteiger partial charge in [0.15, 0.2) is 0 Å². The quantitative estimate of drug-likeness (QED) is 0.902. The summed E-state index contributed by atoms with van der Waals surface area (Å²) >= 11 is 7.50. The smallest absolute Gasteiger partial charge is 0.123 e. The van der Waals surface area contributed by atoms with Gasteiger partial charge in [0.1, 0.15) is 5.82 Å². The van der Waals surface area contributed by atoms with Gasteiger partial charge in [0.2, 0.25) is 0 Å². The molecule has 108 valence electrons. The molecule has 0 fully saturated rings. The summed E-state index contributed by atoms with van der Waals surface area (Å²) in [5, 5.41) is 0. The van der Waals surface area contributed by atoms with Crippen LogP contribution >= 0.6 is 22.9 Å². The second-order valence-corrected chi connectivity index (χ2v) is 6.78. The lowest BCUT2D eigenvalue weighted by Gasteiger charge is -2.31. The zero-order chi connectivity index (χ0) is 14.7. The molecule has 0 amide bonds. The molecule has 2 unspecified atom stereocenters. The molecule has 0 bridgehead atoms. The van der Waals surface area contributed by atoms with Crippen LogP contribution in [0.25, 0.3) is 0 Å². The highest BCUT2D eigenvalue weighted by Crippen LogP contribution is 2.28. The molecule has 20 heavy (non-hydrogen) atoms. The fourth-order valence-electron chi connectivity index (χ4n) is 2.43. The van der Waals surface area contributed by atoms with Gasteiger partial charge in [0.25, 0.3) is 0 Å². The van der Waals surface area contributed by atoms with Crippen LogP contribution in [0.5, 0.6) is 0 Å². The lowest BCUT2D eigenvalue weighted by molar-refractivity contribution is 0.212. The number of hydrogen-bond acceptors (Lipinski definition) is 3. The molecule has 1 heterocycles. The van der Waals surface area contributed by atoms with Gasteiger partial charge in [-0.05, 0) is 43.8 Å². The summed E-state index contributed by atoms with van der Waals surface area (Å²) in [6.45, 7) is 2.67. The van der Waals surface area contributed by atoms with Crippen LogP contribution < -0.4 is 5.73 Å². The molecule has 2 N–H and O–H groups in total. The molecule has 2 rings (SSSR count). The Morgan fingerprint density at radius 2 is 2.10 bits per heavy atom. The molecule has 1 aromatic heterocycles. The Morgan fingerprint density at radius 1 is 1.35 bits per heavy atom. The molecular weight excluding hydrogens is 295 g/mol. The molecule has 5 heteroatoms. The first-order chi connectivity index (χ1) is 9.47. The summed E-state index contributed by atoms with van der Waals surface area (Å²) in [5.74, 6) is -0.235. The van der Waals surface area contributed by atoms with E-state index in [1.807, 2.05) is 32.2 Å². The number of halogens is 2. The fourth-order valence-corrected chi connectivity index (χ4v) is 3.58. The minimum atomic E-state index is -0.235. The van der Waals surface area contributed by atoms with Crippen LogP contribution in [0.15, 0.2) is 36.4 Å². The van der Waals surface area contributed by atoms with Gasteiger partial charge < -0.3 is 5.73 Å². The number of nitrogens with zero attached hydrogens (tertiary/aromatic N) is 1. The van der Waals surface area contributed by atoms with Crippen molar-refractivity contribution >= 4 is 22.9 Å². The van der Waals surface area contributed by atoms with E-state index in [0.29, 0.717) is 0 Å². The molecule has 0 radical (unpaired) electrons. The van der Waals surface area contributed by atoms with E-state index in [1.165, 1.54) is 10.9 Å². The number of nitrogens with two attached hydrogens (primary N) is 1. The monoisotopic (exact) mass is 312 g/mol.